The quantitative estimate of drug-likeness (QED) is 0.0143. The molecule has 1 rings (SSSR count). The average molecular weight is 870 g/mol. The standard InChI is InChI=1S/C40H67N7O14/c1-40(2,3)61-39(52)44-17-10-8-14-34(37(50)60-36(49)33(41)13-7-9-16-43-38(51)59-31-32-11-5-4-6-12-32)46-35(48)15-19-53-21-23-55-25-27-57-29-30-58-28-26-56-24-22-54-20-18-45-47-42/h4-6,11-12,33-34H,7-10,13-31,41H2,1-3H3,(H,43,51)(H,44,52)(H,46,48)/t33-,34-/m0/s1. The normalized spacial score (nSPS) is 12.1. The van der Waals surface area contributed by atoms with Gasteiger partial charge in [-0.05, 0) is 70.4 Å². The molecule has 3 amide bonds. The van der Waals surface area contributed by atoms with Crippen molar-refractivity contribution in [3.63, 3.8) is 0 Å². The van der Waals surface area contributed by atoms with Crippen molar-refractivity contribution < 1.29 is 66.6 Å². The number of alkyl carbamates (subject to hydrolysis) is 2. The third-order valence-electron chi connectivity index (χ3n) is 7.87. The highest BCUT2D eigenvalue weighted by Gasteiger charge is 2.27. The Balaban J connectivity index is 2.30. The number of nitrogens with zero attached hydrogens (tertiary/aromatic N) is 3. The lowest BCUT2D eigenvalue weighted by atomic mass is 10.1. The topological polar surface area (TPSA) is 279 Å². The number of azide groups is 1. The lowest BCUT2D eigenvalue weighted by Gasteiger charge is -2.20. The maximum atomic E-state index is 13.1. The van der Waals surface area contributed by atoms with Gasteiger partial charge in [0.25, 0.3) is 0 Å². The molecule has 0 aromatic heterocycles. The highest BCUT2D eigenvalue weighted by Crippen LogP contribution is 2.09. The van der Waals surface area contributed by atoms with Crippen molar-refractivity contribution in [1.82, 2.24) is 16.0 Å². The Bertz CT molecular complexity index is 1400. The zero-order valence-corrected chi connectivity index (χ0v) is 35.9. The Morgan fingerprint density at radius 1 is 0.689 bits per heavy atom. The van der Waals surface area contributed by atoms with Gasteiger partial charge in [-0.25, -0.2) is 19.2 Å². The molecule has 21 nitrogen and oxygen atoms in total. The van der Waals surface area contributed by atoms with Gasteiger partial charge < -0.3 is 64.3 Å². The molecule has 5 N–H and O–H groups in total. The lowest BCUT2D eigenvalue weighted by Crippen LogP contribution is -2.45. The first kappa shape index (κ1) is 54.4. The first-order chi connectivity index (χ1) is 29.4. The number of carbonyl (C=O) groups is 5. The molecular weight excluding hydrogens is 802 g/mol. The molecule has 1 aromatic rings. The average Bonchev–Trinajstić information content (AvgIpc) is 3.22. The number of hydrogen-bond donors (Lipinski definition) is 4. The maximum Gasteiger partial charge on any atom is 0.407 e. The first-order valence-electron chi connectivity index (χ1n) is 20.6. The third-order valence-corrected chi connectivity index (χ3v) is 7.87. The molecule has 0 aliphatic rings. The van der Waals surface area contributed by atoms with Crippen molar-refractivity contribution in [2.24, 2.45) is 10.8 Å². The van der Waals surface area contributed by atoms with E-state index in [-0.39, 0.29) is 58.8 Å². The molecule has 0 spiro atoms. The Kier molecular flexibility index (Phi) is 32.2. The van der Waals surface area contributed by atoms with Crippen LogP contribution in [-0.2, 0) is 63.6 Å². The molecule has 61 heavy (non-hydrogen) atoms. The summed E-state index contributed by atoms with van der Waals surface area (Å²) in [6.45, 7) is 10.3. The monoisotopic (exact) mass is 869 g/mol. The van der Waals surface area contributed by atoms with E-state index in [9.17, 15) is 24.0 Å². The Morgan fingerprint density at radius 2 is 1.20 bits per heavy atom. The molecule has 346 valence electrons. The van der Waals surface area contributed by atoms with E-state index in [0.29, 0.717) is 91.7 Å². The molecule has 0 aliphatic heterocycles. The predicted octanol–water partition coefficient (Wildman–Crippen LogP) is 3.46. The van der Waals surface area contributed by atoms with Crippen molar-refractivity contribution >= 4 is 30.0 Å². The minimum Gasteiger partial charge on any atom is -0.445 e. The number of ether oxygens (including phenoxy) is 9. The van der Waals surface area contributed by atoms with E-state index in [1.165, 1.54) is 0 Å². The number of nitrogens with one attached hydrogen (secondary N) is 3. The fourth-order valence-corrected chi connectivity index (χ4v) is 4.83. The number of unbranched alkanes of at least 4 members (excludes halogenated alkanes) is 2. The van der Waals surface area contributed by atoms with E-state index in [0.717, 1.165) is 5.56 Å². The van der Waals surface area contributed by atoms with Gasteiger partial charge in [-0.1, -0.05) is 35.4 Å². The molecule has 21 heteroatoms. The van der Waals surface area contributed by atoms with Gasteiger partial charge in [0, 0.05) is 31.0 Å². The van der Waals surface area contributed by atoms with Crippen LogP contribution in [0.15, 0.2) is 35.4 Å². The van der Waals surface area contributed by atoms with E-state index in [4.69, 9.17) is 53.9 Å². The zero-order valence-electron chi connectivity index (χ0n) is 35.9. The fourth-order valence-electron chi connectivity index (χ4n) is 4.83. The fraction of sp³-hybridized carbons (Fsp3) is 0.725. The molecule has 0 unspecified atom stereocenters. The Hall–Kier alpha value is -4.60. The minimum atomic E-state index is -1.15. The van der Waals surface area contributed by atoms with Crippen LogP contribution in [0.25, 0.3) is 10.4 Å². The summed E-state index contributed by atoms with van der Waals surface area (Å²) >= 11 is 0. The van der Waals surface area contributed by atoms with Crippen LogP contribution >= 0.6 is 0 Å². The van der Waals surface area contributed by atoms with Gasteiger partial charge in [0.1, 0.15) is 24.3 Å². The minimum absolute atomic E-state index is 0.0577. The second-order valence-corrected chi connectivity index (χ2v) is 14.3. The van der Waals surface area contributed by atoms with Crippen LogP contribution in [0.1, 0.15) is 71.3 Å². The number of amides is 3. The summed E-state index contributed by atoms with van der Waals surface area (Å²) in [7, 11) is 0. The smallest absolute Gasteiger partial charge is 0.407 e. The summed E-state index contributed by atoms with van der Waals surface area (Å²) in [4.78, 5) is 65.0. The summed E-state index contributed by atoms with van der Waals surface area (Å²) in [6.07, 6.45) is 0.946. The molecular formula is C40H67N7O14. The number of esters is 2. The maximum absolute atomic E-state index is 13.1. The summed E-state index contributed by atoms with van der Waals surface area (Å²) in [5.74, 6) is -2.38. The SMILES string of the molecule is CC(C)(C)OC(=O)NCCCC[C@H](NC(=O)CCOCCOCCOCCOCCOCCOCCN=[N+]=[N-])C(=O)OC(=O)[C@@H](N)CCCCNC(=O)OCc1ccccc1. The van der Waals surface area contributed by atoms with Crippen LogP contribution < -0.4 is 21.7 Å². The van der Waals surface area contributed by atoms with E-state index in [1.54, 1.807) is 20.8 Å². The van der Waals surface area contributed by atoms with E-state index in [1.807, 2.05) is 30.3 Å². The van der Waals surface area contributed by atoms with E-state index >= 15 is 0 Å². The highest BCUT2D eigenvalue weighted by molar-refractivity contribution is 5.92. The van der Waals surface area contributed by atoms with Gasteiger partial charge in [-0.2, -0.15) is 0 Å². The summed E-state index contributed by atoms with van der Waals surface area (Å²) in [5.41, 5.74) is 14.4. The van der Waals surface area contributed by atoms with Crippen molar-refractivity contribution in [3.05, 3.63) is 46.3 Å². The summed E-state index contributed by atoms with van der Waals surface area (Å²) in [6, 6.07) is 7.01. The molecule has 0 saturated heterocycles. The molecule has 0 aliphatic carbocycles. The molecule has 0 bridgehead atoms. The third kappa shape index (κ3) is 33.8. The first-order valence-corrected chi connectivity index (χ1v) is 20.6. The van der Waals surface area contributed by atoms with Crippen LogP contribution in [-0.4, -0.2) is 147 Å². The van der Waals surface area contributed by atoms with Gasteiger partial charge in [-0.15, -0.1) is 0 Å². The number of rotatable bonds is 36. The number of nitrogens with two attached hydrogens (primary N) is 1. The zero-order chi connectivity index (χ0) is 44.8. The highest BCUT2D eigenvalue weighted by atomic mass is 16.6. The molecule has 1 aromatic carbocycles. The van der Waals surface area contributed by atoms with E-state index < -0.39 is 47.7 Å². The van der Waals surface area contributed by atoms with E-state index in [2.05, 4.69) is 26.0 Å². The largest absolute Gasteiger partial charge is 0.445 e. The van der Waals surface area contributed by atoms with Crippen LogP contribution in [0.5, 0.6) is 0 Å². The molecule has 0 radical (unpaired) electrons. The van der Waals surface area contributed by atoms with Crippen LogP contribution in [0.2, 0.25) is 0 Å². The molecule has 0 fully saturated rings. The van der Waals surface area contributed by atoms with Crippen molar-refractivity contribution in [2.75, 3.05) is 98.9 Å². The molecule has 0 heterocycles. The van der Waals surface area contributed by atoms with Gasteiger partial charge in [0.15, 0.2) is 0 Å². The van der Waals surface area contributed by atoms with Crippen LogP contribution in [0.3, 0.4) is 0 Å². The predicted molar refractivity (Wildman–Crippen MR) is 221 cm³/mol. The molecule has 0 saturated carbocycles. The lowest BCUT2D eigenvalue weighted by molar-refractivity contribution is -0.163. The molecule has 2 atom stereocenters. The van der Waals surface area contributed by atoms with Gasteiger partial charge in [-0.3, -0.25) is 4.79 Å². The Labute approximate surface area is 358 Å². The summed E-state index contributed by atoms with van der Waals surface area (Å²) < 4.78 is 47.9. The van der Waals surface area contributed by atoms with Crippen molar-refractivity contribution in [3.8, 4) is 0 Å². The second-order valence-electron chi connectivity index (χ2n) is 14.3. The van der Waals surface area contributed by atoms with Gasteiger partial charge in [0.2, 0.25) is 5.91 Å². The van der Waals surface area contributed by atoms with Crippen LogP contribution in [0.4, 0.5) is 9.59 Å². The number of hydrogen-bond acceptors (Lipinski definition) is 16. The van der Waals surface area contributed by atoms with Gasteiger partial charge >= 0.3 is 24.1 Å². The number of carbonyl (C=O) groups excluding carboxylic acids is 5. The number of benzene rings is 1. The van der Waals surface area contributed by atoms with Crippen molar-refractivity contribution in [2.45, 2.75) is 90.0 Å². The summed E-state index contributed by atoms with van der Waals surface area (Å²) in [5, 5.41) is 11.3. The Morgan fingerprint density at radius 3 is 1.74 bits per heavy atom. The van der Waals surface area contributed by atoms with Crippen LogP contribution in [0, 0.1) is 0 Å². The van der Waals surface area contributed by atoms with Crippen molar-refractivity contribution in [1.29, 1.82) is 0 Å². The second kappa shape index (κ2) is 36.1. The van der Waals surface area contributed by atoms with Gasteiger partial charge in [0.05, 0.1) is 79.3 Å².